The van der Waals surface area contributed by atoms with Crippen LogP contribution in [0, 0.1) is 5.92 Å². The Balaban J connectivity index is 1.51. The second-order valence-electron chi connectivity index (χ2n) is 8.94. The molecule has 2 aliphatic heterocycles. The van der Waals surface area contributed by atoms with Crippen molar-refractivity contribution in [2.75, 3.05) is 32.8 Å². The molecule has 0 spiro atoms. The van der Waals surface area contributed by atoms with Crippen molar-refractivity contribution in [3.8, 4) is 0 Å². The van der Waals surface area contributed by atoms with E-state index in [-0.39, 0.29) is 23.6 Å². The van der Waals surface area contributed by atoms with Crippen LogP contribution in [0.5, 0.6) is 0 Å². The van der Waals surface area contributed by atoms with Gasteiger partial charge in [-0.25, -0.2) is 0 Å². The monoisotopic (exact) mass is 453 g/mol. The minimum absolute atomic E-state index is 0.103. The Hall–Kier alpha value is -2.64. The van der Waals surface area contributed by atoms with Crippen LogP contribution in [0.4, 0.5) is 0 Å². The minimum Gasteiger partial charge on any atom is -0.459 e. The average molecular weight is 454 g/mol. The number of nitrogens with zero attached hydrogens (tertiary/aromatic N) is 2. The summed E-state index contributed by atoms with van der Waals surface area (Å²) in [5.41, 5.74) is 2.19. The fourth-order valence-corrected chi connectivity index (χ4v) is 5.17. The highest BCUT2D eigenvalue weighted by Gasteiger charge is 2.36. The van der Waals surface area contributed by atoms with Gasteiger partial charge >= 0.3 is 0 Å². The van der Waals surface area contributed by atoms with Gasteiger partial charge in [-0.1, -0.05) is 51.0 Å². The van der Waals surface area contributed by atoms with E-state index in [1.807, 2.05) is 24.3 Å². The molecule has 1 N–H and O–H groups in total. The zero-order valence-corrected chi connectivity index (χ0v) is 19.7. The lowest BCUT2D eigenvalue weighted by Gasteiger charge is -2.40. The number of rotatable bonds is 8. The Morgan fingerprint density at radius 2 is 1.79 bits per heavy atom. The Kier molecular flexibility index (Phi) is 7.83. The lowest BCUT2D eigenvalue weighted by molar-refractivity contribution is -0.126. The van der Waals surface area contributed by atoms with E-state index in [9.17, 15) is 9.59 Å². The van der Waals surface area contributed by atoms with Crippen molar-refractivity contribution >= 4 is 11.8 Å². The first kappa shape index (κ1) is 23.5. The number of fused-ring (bicyclic) bond motifs is 1. The van der Waals surface area contributed by atoms with Gasteiger partial charge in [0.05, 0.1) is 19.5 Å². The number of benzene rings is 1. The van der Waals surface area contributed by atoms with E-state index in [1.165, 1.54) is 6.26 Å². The summed E-state index contributed by atoms with van der Waals surface area (Å²) in [5.74, 6) is 0.403. The molecule has 3 heterocycles. The van der Waals surface area contributed by atoms with Crippen LogP contribution in [-0.2, 0) is 22.5 Å². The highest BCUT2D eigenvalue weighted by Crippen LogP contribution is 2.26. The van der Waals surface area contributed by atoms with Gasteiger partial charge in [0.25, 0.3) is 5.91 Å². The predicted molar refractivity (Wildman–Crippen MR) is 126 cm³/mol. The minimum atomic E-state index is -0.565. The van der Waals surface area contributed by atoms with Gasteiger partial charge in [0.1, 0.15) is 6.04 Å². The largest absolute Gasteiger partial charge is 0.459 e. The third-order valence-corrected chi connectivity index (χ3v) is 7.14. The molecule has 0 radical (unpaired) electrons. The van der Waals surface area contributed by atoms with Crippen LogP contribution in [0.3, 0.4) is 0 Å². The van der Waals surface area contributed by atoms with Crippen LogP contribution >= 0.6 is 0 Å². The van der Waals surface area contributed by atoms with E-state index in [0.29, 0.717) is 25.4 Å². The molecule has 33 heavy (non-hydrogen) atoms. The van der Waals surface area contributed by atoms with Gasteiger partial charge in [-0.15, -0.1) is 0 Å². The summed E-state index contributed by atoms with van der Waals surface area (Å²) in [6.07, 6.45) is 4.12. The number of hydrogen-bond acceptors (Lipinski definition) is 5. The van der Waals surface area contributed by atoms with Crippen molar-refractivity contribution in [2.24, 2.45) is 5.92 Å². The molecule has 4 rings (SSSR count). The Morgan fingerprint density at radius 3 is 2.45 bits per heavy atom. The number of ether oxygens (including phenoxy) is 1. The fraction of sp³-hybridized carbons (Fsp3) is 0.538. The molecule has 1 aromatic heterocycles. The zero-order valence-electron chi connectivity index (χ0n) is 19.7. The molecule has 2 unspecified atom stereocenters. The SMILES string of the molecule is CCC(CC)C(CNC(=O)C1Cc2ccccc2CN1C(=O)c1ccco1)N1CCOCC1. The molecule has 0 aliphatic carbocycles. The van der Waals surface area contributed by atoms with Crippen LogP contribution in [0.25, 0.3) is 0 Å². The smallest absolute Gasteiger partial charge is 0.290 e. The number of amides is 2. The first-order valence-corrected chi connectivity index (χ1v) is 12.1. The van der Waals surface area contributed by atoms with Gasteiger partial charge < -0.3 is 19.4 Å². The molecule has 1 fully saturated rings. The summed E-state index contributed by atoms with van der Waals surface area (Å²) in [4.78, 5) is 30.8. The van der Waals surface area contributed by atoms with E-state index in [1.54, 1.807) is 17.0 Å². The number of carbonyl (C=O) groups is 2. The molecule has 2 amide bonds. The van der Waals surface area contributed by atoms with Crippen LogP contribution in [0.2, 0.25) is 0 Å². The number of morpholine rings is 1. The zero-order chi connectivity index (χ0) is 23.2. The van der Waals surface area contributed by atoms with Crippen molar-refractivity contribution in [1.82, 2.24) is 15.1 Å². The second kappa shape index (κ2) is 11.0. The first-order valence-electron chi connectivity index (χ1n) is 12.1. The maximum absolute atomic E-state index is 13.5. The van der Waals surface area contributed by atoms with Gasteiger partial charge in [-0.3, -0.25) is 14.5 Å². The molecular weight excluding hydrogens is 418 g/mol. The Labute approximate surface area is 196 Å². The van der Waals surface area contributed by atoms with Crippen molar-refractivity contribution in [1.29, 1.82) is 0 Å². The summed E-state index contributed by atoms with van der Waals surface area (Å²) in [7, 11) is 0. The first-order chi connectivity index (χ1) is 16.1. The van der Waals surface area contributed by atoms with Crippen LogP contribution in [0.15, 0.2) is 47.1 Å². The quantitative estimate of drug-likeness (QED) is 0.665. The predicted octanol–water partition coefficient (Wildman–Crippen LogP) is 3.10. The topological polar surface area (TPSA) is 75.0 Å². The number of furan rings is 1. The summed E-state index contributed by atoms with van der Waals surface area (Å²) >= 11 is 0. The molecule has 1 saturated heterocycles. The standard InChI is InChI=1S/C26H35N3O4/c1-3-19(4-2)23(28-11-14-32-15-12-28)17-27-25(30)22-16-20-8-5-6-9-21(20)18-29(22)26(31)24-10-7-13-33-24/h5-10,13,19,22-23H,3-4,11-12,14-18H2,1-2H3,(H,27,30). The summed E-state index contributed by atoms with van der Waals surface area (Å²) in [6, 6.07) is 11.1. The summed E-state index contributed by atoms with van der Waals surface area (Å²) < 4.78 is 10.9. The van der Waals surface area contributed by atoms with Crippen molar-refractivity contribution in [2.45, 2.75) is 51.7 Å². The highest BCUT2D eigenvalue weighted by molar-refractivity contribution is 5.96. The average Bonchev–Trinajstić information content (AvgIpc) is 3.41. The molecular formula is C26H35N3O4. The normalized spacial score (nSPS) is 19.8. The molecule has 1 aromatic carbocycles. The molecule has 2 atom stereocenters. The van der Waals surface area contributed by atoms with E-state index < -0.39 is 6.04 Å². The van der Waals surface area contributed by atoms with Crippen molar-refractivity contribution in [3.63, 3.8) is 0 Å². The maximum atomic E-state index is 13.5. The molecule has 178 valence electrons. The fourth-order valence-electron chi connectivity index (χ4n) is 5.17. The molecule has 7 heteroatoms. The number of hydrogen-bond donors (Lipinski definition) is 1. The maximum Gasteiger partial charge on any atom is 0.290 e. The van der Waals surface area contributed by atoms with E-state index in [4.69, 9.17) is 9.15 Å². The van der Waals surface area contributed by atoms with Gasteiger partial charge in [-0.05, 0) is 29.2 Å². The van der Waals surface area contributed by atoms with E-state index >= 15 is 0 Å². The molecule has 0 bridgehead atoms. The summed E-state index contributed by atoms with van der Waals surface area (Å²) in [6.45, 7) is 8.63. The molecule has 0 saturated carbocycles. The van der Waals surface area contributed by atoms with Gasteiger partial charge in [0.15, 0.2) is 5.76 Å². The van der Waals surface area contributed by atoms with Crippen molar-refractivity contribution in [3.05, 3.63) is 59.5 Å². The van der Waals surface area contributed by atoms with Crippen LogP contribution < -0.4 is 5.32 Å². The molecule has 7 nitrogen and oxygen atoms in total. The summed E-state index contributed by atoms with van der Waals surface area (Å²) in [5, 5.41) is 3.21. The number of carbonyl (C=O) groups excluding carboxylic acids is 2. The molecule has 2 aliphatic rings. The van der Waals surface area contributed by atoms with Crippen LogP contribution in [0.1, 0.15) is 48.4 Å². The highest BCUT2D eigenvalue weighted by atomic mass is 16.5. The Bertz CT molecular complexity index is 919. The van der Waals surface area contributed by atoms with E-state index in [0.717, 1.165) is 50.3 Å². The lowest BCUT2D eigenvalue weighted by atomic mass is 9.91. The third-order valence-electron chi connectivity index (χ3n) is 7.14. The van der Waals surface area contributed by atoms with Gasteiger partial charge in [-0.2, -0.15) is 0 Å². The lowest BCUT2D eigenvalue weighted by Crippen LogP contribution is -2.56. The number of nitrogens with one attached hydrogen (secondary N) is 1. The van der Waals surface area contributed by atoms with Gasteiger partial charge in [0.2, 0.25) is 5.91 Å². The second-order valence-corrected chi connectivity index (χ2v) is 8.94. The third kappa shape index (κ3) is 5.31. The Morgan fingerprint density at radius 1 is 1.06 bits per heavy atom. The van der Waals surface area contributed by atoms with Crippen LogP contribution in [-0.4, -0.2) is 66.5 Å². The van der Waals surface area contributed by atoms with Crippen molar-refractivity contribution < 1.29 is 18.7 Å². The van der Waals surface area contributed by atoms with E-state index in [2.05, 4.69) is 24.1 Å². The van der Waals surface area contributed by atoms with Gasteiger partial charge in [0, 0.05) is 38.6 Å². The molecule has 2 aromatic rings.